The molecular formula is C19H37N. The van der Waals surface area contributed by atoms with Crippen molar-refractivity contribution in [2.45, 2.75) is 86.1 Å². The van der Waals surface area contributed by atoms with E-state index in [4.69, 9.17) is 0 Å². The van der Waals surface area contributed by atoms with Crippen LogP contribution in [0.4, 0.5) is 0 Å². The minimum Gasteiger partial charge on any atom is -0.386 e. The molecule has 0 aromatic heterocycles. The van der Waals surface area contributed by atoms with E-state index < -0.39 is 0 Å². The van der Waals surface area contributed by atoms with Crippen LogP contribution in [-0.2, 0) is 0 Å². The highest BCUT2D eigenvalue weighted by atomic mass is 14.9. The first-order valence-electron chi connectivity index (χ1n) is 8.22. The van der Waals surface area contributed by atoms with Crippen molar-refractivity contribution in [1.29, 1.82) is 0 Å². The van der Waals surface area contributed by atoms with Gasteiger partial charge in [-0.05, 0) is 40.0 Å². The maximum atomic E-state index is 3.84. The zero-order valence-corrected chi connectivity index (χ0v) is 14.8. The first-order chi connectivity index (χ1) is 9.51. The summed E-state index contributed by atoms with van der Waals surface area (Å²) >= 11 is 0. The lowest BCUT2D eigenvalue weighted by Crippen LogP contribution is -2.28. The van der Waals surface area contributed by atoms with Gasteiger partial charge in [0.1, 0.15) is 0 Å². The van der Waals surface area contributed by atoms with Gasteiger partial charge in [-0.3, -0.25) is 0 Å². The summed E-state index contributed by atoms with van der Waals surface area (Å²) in [6, 6.07) is 0.728. The quantitative estimate of drug-likeness (QED) is 0.588. The smallest absolute Gasteiger partial charge is 0.0257 e. The van der Waals surface area contributed by atoms with Crippen molar-refractivity contribution in [3.05, 3.63) is 36.1 Å². The van der Waals surface area contributed by atoms with Gasteiger partial charge in [0.25, 0.3) is 0 Å². The van der Waals surface area contributed by atoms with Crippen LogP contribution in [0.1, 0.15) is 80.1 Å². The highest BCUT2D eigenvalue weighted by Crippen LogP contribution is 2.17. The summed E-state index contributed by atoms with van der Waals surface area (Å²) < 4.78 is 0. The molecule has 1 saturated carbocycles. The predicted octanol–water partition coefficient (Wildman–Crippen LogP) is 6.39. The third-order valence-corrected chi connectivity index (χ3v) is 3.33. The Labute approximate surface area is 128 Å². The second-order valence-corrected chi connectivity index (χ2v) is 5.34. The summed E-state index contributed by atoms with van der Waals surface area (Å²) in [4.78, 5) is 0. The largest absolute Gasteiger partial charge is 0.386 e. The van der Waals surface area contributed by atoms with Crippen LogP contribution in [0.15, 0.2) is 36.1 Å². The summed E-state index contributed by atoms with van der Waals surface area (Å²) in [5.41, 5.74) is 3.86. The molecule has 1 heteroatoms. The van der Waals surface area contributed by atoms with E-state index in [0.29, 0.717) is 0 Å². The molecule has 1 aliphatic carbocycles. The van der Waals surface area contributed by atoms with Gasteiger partial charge in [-0.25, -0.2) is 0 Å². The fourth-order valence-corrected chi connectivity index (χ4v) is 2.30. The minimum absolute atomic E-state index is 0.728. The molecule has 0 unspecified atom stereocenters. The van der Waals surface area contributed by atoms with Gasteiger partial charge in [0.2, 0.25) is 0 Å². The molecule has 1 aliphatic rings. The molecule has 0 aromatic rings. The van der Waals surface area contributed by atoms with Crippen LogP contribution in [0.5, 0.6) is 0 Å². The van der Waals surface area contributed by atoms with E-state index in [1.165, 1.54) is 43.3 Å². The van der Waals surface area contributed by atoms with Gasteiger partial charge in [0, 0.05) is 11.7 Å². The van der Waals surface area contributed by atoms with E-state index in [2.05, 4.69) is 39.2 Å². The standard InChI is InChI=1S/C9H17N.C8H14.C2H6/c1-8(2)10-9-6-4-3-5-7-9;1-5-8(6-2)7(3)4;1-2/h9-10H,1,3-7H2,2H3;5H,1,6H2,2-4H3;1-2H3. The van der Waals surface area contributed by atoms with Crippen molar-refractivity contribution in [3.8, 4) is 0 Å². The Bertz CT molecular complexity index is 276. The zero-order valence-electron chi connectivity index (χ0n) is 14.8. The molecule has 1 rings (SSSR count). The van der Waals surface area contributed by atoms with E-state index >= 15 is 0 Å². The first-order valence-corrected chi connectivity index (χ1v) is 8.22. The van der Waals surface area contributed by atoms with Crippen LogP contribution in [0, 0.1) is 0 Å². The monoisotopic (exact) mass is 279 g/mol. The number of rotatable bonds is 4. The lowest BCUT2D eigenvalue weighted by atomic mass is 9.95. The van der Waals surface area contributed by atoms with Gasteiger partial charge in [-0.2, -0.15) is 0 Å². The fraction of sp³-hybridized carbons (Fsp3) is 0.684. The van der Waals surface area contributed by atoms with E-state index in [0.717, 1.165) is 18.2 Å². The van der Waals surface area contributed by atoms with Crippen molar-refractivity contribution >= 4 is 0 Å². The Morgan fingerprint density at radius 1 is 1.10 bits per heavy atom. The summed E-state index contributed by atoms with van der Waals surface area (Å²) in [7, 11) is 0. The number of nitrogens with one attached hydrogen (secondary N) is 1. The average molecular weight is 280 g/mol. The van der Waals surface area contributed by atoms with Gasteiger partial charge >= 0.3 is 0 Å². The molecule has 0 saturated heterocycles. The predicted molar refractivity (Wildman–Crippen MR) is 95.0 cm³/mol. The highest BCUT2D eigenvalue weighted by molar-refractivity contribution is 5.20. The van der Waals surface area contributed by atoms with E-state index in [9.17, 15) is 0 Å². The summed E-state index contributed by atoms with van der Waals surface area (Å²) in [6.45, 7) is 19.9. The number of allylic oxidation sites excluding steroid dienone is 4. The Kier molecular flexibility index (Phi) is 15.4. The van der Waals surface area contributed by atoms with E-state index in [1.807, 2.05) is 26.8 Å². The zero-order chi connectivity index (χ0) is 16.0. The lowest BCUT2D eigenvalue weighted by Gasteiger charge is -2.23. The van der Waals surface area contributed by atoms with Crippen LogP contribution in [0.2, 0.25) is 0 Å². The molecule has 0 spiro atoms. The van der Waals surface area contributed by atoms with Gasteiger partial charge in [-0.1, -0.05) is 70.4 Å². The molecule has 0 bridgehead atoms. The van der Waals surface area contributed by atoms with Gasteiger partial charge in [0.05, 0.1) is 0 Å². The first kappa shape index (κ1) is 21.3. The van der Waals surface area contributed by atoms with Crippen LogP contribution >= 0.6 is 0 Å². The molecule has 118 valence electrons. The average Bonchev–Trinajstić information content (AvgIpc) is 2.43. The summed E-state index contributed by atoms with van der Waals surface area (Å²) in [5.74, 6) is 0. The van der Waals surface area contributed by atoms with Crippen molar-refractivity contribution in [1.82, 2.24) is 5.32 Å². The van der Waals surface area contributed by atoms with Crippen molar-refractivity contribution in [2.75, 3.05) is 0 Å². The number of hydrogen-bond acceptors (Lipinski definition) is 1. The highest BCUT2D eigenvalue weighted by Gasteiger charge is 2.11. The summed E-state index contributed by atoms with van der Waals surface area (Å²) in [5, 5.41) is 3.39. The molecule has 1 nitrogen and oxygen atoms in total. The molecule has 0 aliphatic heterocycles. The topological polar surface area (TPSA) is 12.0 Å². The molecule has 0 aromatic carbocycles. The summed E-state index contributed by atoms with van der Waals surface area (Å²) in [6.07, 6.45) is 9.92. The normalized spacial score (nSPS) is 13.9. The molecule has 20 heavy (non-hydrogen) atoms. The molecule has 1 fully saturated rings. The molecule has 0 heterocycles. The molecular weight excluding hydrogens is 242 g/mol. The van der Waals surface area contributed by atoms with Gasteiger partial charge < -0.3 is 5.32 Å². The Balaban J connectivity index is 0. The fourth-order valence-electron chi connectivity index (χ4n) is 2.30. The molecule has 0 radical (unpaired) electrons. The van der Waals surface area contributed by atoms with Crippen LogP contribution in [0.3, 0.4) is 0 Å². The van der Waals surface area contributed by atoms with Crippen molar-refractivity contribution < 1.29 is 0 Å². The van der Waals surface area contributed by atoms with Crippen molar-refractivity contribution in [2.24, 2.45) is 0 Å². The van der Waals surface area contributed by atoms with Crippen LogP contribution in [0.25, 0.3) is 0 Å². The van der Waals surface area contributed by atoms with E-state index in [1.54, 1.807) is 0 Å². The number of hydrogen-bond donors (Lipinski definition) is 1. The second-order valence-electron chi connectivity index (χ2n) is 5.34. The minimum atomic E-state index is 0.728. The van der Waals surface area contributed by atoms with Gasteiger partial charge in [-0.15, -0.1) is 0 Å². The molecule has 1 N–H and O–H groups in total. The van der Waals surface area contributed by atoms with Gasteiger partial charge in [0.15, 0.2) is 0 Å². The van der Waals surface area contributed by atoms with E-state index in [-0.39, 0.29) is 0 Å². The maximum Gasteiger partial charge on any atom is 0.0257 e. The molecule has 0 atom stereocenters. The second kappa shape index (κ2) is 14.4. The Morgan fingerprint density at radius 3 is 1.85 bits per heavy atom. The maximum absolute atomic E-state index is 3.84. The van der Waals surface area contributed by atoms with Crippen LogP contribution < -0.4 is 5.32 Å². The SMILES string of the molecule is C=C(C)NC1CCCCC1.C=CC(CC)=C(C)C.CC. The third kappa shape index (κ3) is 12.1. The third-order valence-electron chi connectivity index (χ3n) is 3.33. The Hall–Kier alpha value is -0.980. The lowest BCUT2D eigenvalue weighted by molar-refractivity contribution is 0.397. The van der Waals surface area contributed by atoms with Crippen LogP contribution in [-0.4, -0.2) is 6.04 Å². The Morgan fingerprint density at radius 2 is 1.60 bits per heavy atom. The van der Waals surface area contributed by atoms with Crippen molar-refractivity contribution in [3.63, 3.8) is 0 Å². The molecule has 0 amide bonds.